The molecule has 0 atom stereocenters. The molecule has 0 nitrogen and oxygen atoms in total. The van der Waals surface area contributed by atoms with E-state index < -0.39 is 0 Å². The first-order chi connectivity index (χ1) is 7.13. The van der Waals surface area contributed by atoms with Crippen LogP contribution in [-0.2, 0) is 6.42 Å². The minimum absolute atomic E-state index is 1.03. The third-order valence-corrected chi connectivity index (χ3v) is 2.67. The fraction of sp³-hybridized carbons (Fsp3) is 0.333. The second kappa shape index (κ2) is 5.55. The van der Waals surface area contributed by atoms with Crippen molar-refractivity contribution in [1.29, 1.82) is 0 Å². The van der Waals surface area contributed by atoms with Crippen LogP contribution in [0.2, 0.25) is 0 Å². The third-order valence-electron chi connectivity index (χ3n) is 2.67. The first-order valence-electron chi connectivity index (χ1n) is 5.49. The van der Waals surface area contributed by atoms with Crippen LogP contribution in [0.25, 0.3) is 0 Å². The molecule has 0 saturated heterocycles. The minimum Gasteiger partial charge on any atom is -0.0847 e. The molecule has 1 aromatic rings. The van der Waals surface area contributed by atoms with Crippen LogP contribution < -0.4 is 0 Å². The summed E-state index contributed by atoms with van der Waals surface area (Å²) in [4.78, 5) is 0. The van der Waals surface area contributed by atoms with Crippen LogP contribution in [0.4, 0.5) is 0 Å². The van der Waals surface area contributed by atoms with Crippen LogP contribution in [0.3, 0.4) is 0 Å². The zero-order chi connectivity index (χ0) is 11.3. The number of hydrogen-bond acceptors (Lipinski definition) is 0. The summed E-state index contributed by atoms with van der Waals surface area (Å²) in [6, 6.07) is 6.64. The summed E-state index contributed by atoms with van der Waals surface area (Å²) in [5.74, 6) is 0. The molecule has 0 aliphatic carbocycles. The fourth-order valence-electron chi connectivity index (χ4n) is 1.54. The molecule has 0 aromatic heterocycles. The highest BCUT2D eigenvalue weighted by Crippen LogP contribution is 2.11. The lowest BCUT2D eigenvalue weighted by molar-refractivity contribution is 1.19. The molecule has 0 radical (unpaired) electrons. The van der Waals surface area contributed by atoms with Crippen LogP contribution in [0, 0.1) is 13.8 Å². The molecule has 1 rings (SSSR count). The molecular formula is C15H20. The van der Waals surface area contributed by atoms with Crippen molar-refractivity contribution >= 4 is 0 Å². The fourth-order valence-corrected chi connectivity index (χ4v) is 1.54. The van der Waals surface area contributed by atoms with Gasteiger partial charge in [-0.3, -0.25) is 0 Å². The van der Waals surface area contributed by atoms with E-state index in [2.05, 4.69) is 64.1 Å². The van der Waals surface area contributed by atoms with Gasteiger partial charge in [0, 0.05) is 0 Å². The normalized spacial score (nSPS) is 12.4. The molecule has 0 saturated carbocycles. The summed E-state index contributed by atoms with van der Waals surface area (Å²) in [5.41, 5.74) is 5.46. The van der Waals surface area contributed by atoms with E-state index in [-0.39, 0.29) is 0 Å². The largest absolute Gasteiger partial charge is 0.0847 e. The van der Waals surface area contributed by atoms with Crippen molar-refractivity contribution in [2.45, 2.75) is 34.1 Å². The smallest absolute Gasteiger partial charge is 0.00916 e. The molecule has 0 amide bonds. The second-order valence-electron chi connectivity index (χ2n) is 4.07. The van der Waals surface area contributed by atoms with Crippen molar-refractivity contribution in [1.82, 2.24) is 0 Å². The lowest BCUT2D eigenvalue weighted by Crippen LogP contribution is -1.87. The summed E-state index contributed by atoms with van der Waals surface area (Å²) >= 11 is 0. The van der Waals surface area contributed by atoms with Crippen LogP contribution in [0.1, 0.15) is 30.5 Å². The van der Waals surface area contributed by atoms with E-state index in [4.69, 9.17) is 0 Å². The van der Waals surface area contributed by atoms with Crippen molar-refractivity contribution in [3.8, 4) is 0 Å². The average Bonchev–Trinajstić information content (AvgIpc) is 2.21. The Morgan fingerprint density at radius 3 is 2.60 bits per heavy atom. The summed E-state index contributed by atoms with van der Waals surface area (Å²) in [6.07, 6.45) is 7.56. The minimum atomic E-state index is 1.03. The molecule has 0 N–H and O–H groups in total. The SMILES string of the molecule is C/C=C(C)\C=C/Cc1ccc(C)cc1C. The summed E-state index contributed by atoms with van der Waals surface area (Å²) < 4.78 is 0. The second-order valence-corrected chi connectivity index (χ2v) is 4.07. The van der Waals surface area contributed by atoms with E-state index in [1.165, 1.54) is 22.3 Å². The molecule has 0 aliphatic rings. The zero-order valence-electron chi connectivity index (χ0n) is 10.2. The van der Waals surface area contributed by atoms with Crippen LogP contribution in [0.15, 0.2) is 42.0 Å². The highest BCUT2D eigenvalue weighted by molar-refractivity contribution is 5.32. The lowest BCUT2D eigenvalue weighted by atomic mass is 10.0. The molecule has 80 valence electrons. The van der Waals surface area contributed by atoms with Crippen LogP contribution >= 0.6 is 0 Å². The van der Waals surface area contributed by atoms with Crippen LogP contribution in [0.5, 0.6) is 0 Å². The highest BCUT2D eigenvalue weighted by Gasteiger charge is 1.95. The Balaban J connectivity index is 2.70. The molecule has 0 unspecified atom stereocenters. The molecular weight excluding hydrogens is 180 g/mol. The maximum Gasteiger partial charge on any atom is -0.00916 e. The van der Waals surface area contributed by atoms with Gasteiger partial charge in [-0.05, 0) is 45.2 Å². The molecule has 0 spiro atoms. The van der Waals surface area contributed by atoms with Crippen LogP contribution in [-0.4, -0.2) is 0 Å². The van der Waals surface area contributed by atoms with Crippen molar-refractivity contribution in [3.05, 3.63) is 58.7 Å². The Morgan fingerprint density at radius 1 is 1.27 bits per heavy atom. The van der Waals surface area contributed by atoms with Crippen molar-refractivity contribution in [2.24, 2.45) is 0 Å². The summed E-state index contributed by atoms with van der Waals surface area (Å²) in [6.45, 7) is 8.50. The third kappa shape index (κ3) is 3.75. The lowest BCUT2D eigenvalue weighted by Gasteiger charge is -2.03. The van der Waals surface area contributed by atoms with Gasteiger partial charge in [-0.25, -0.2) is 0 Å². The van der Waals surface area contributed by atoms with Gasteiger partial charge in [0.15, 0.2) is 0 Å². The quantitative estimate of drug-likeness (QED) is 0.636. The molecule has 0 heteroatoms. The molecule has 0 bridgehead atoms. The molecule has 1 aromatic carbocycles. The Labute approximate surface area is 93.3 Å². The van der Waals surface area contributed by atoms with E-state index >= 15 is 0 Å². The van der Waals surface area contributed by atoms with Gasteiger partial charge in [-0.2, -0.15) is 0 Å². The standard InChI is InChI=1S/C15H20/c1-5-12(2)7-6-8-15-10-9-13(3)11-14(15)4/h5-7,9-11H,8H2,1-4H3/b7-6-,12-5-. The Kier molecular flexibility index (Phi) is 4.36. The van der Waals surface area contributed by atoms with E-state index in [9.17, 15) is 0 Å². The van der Waals surface area contributed by atoms with Gasteiger partial charge in [0.2, 0.25) is 0 Å². The van der Waals surface area contributed by atoms with Gasteiger partial charge in [-0.1, -0.05) is 47.6 Å². The first kappa shape index (κ1) is 11.8. The number of hydrogen-bond donors (Lipinski definition) is 0. The van der Waals surface area contributed by atoms with E-state index in [0.717, 1.165) is 6.42 Å². The highest BCUT2D eigenvalue weighted by atomic mass is 14.0. The predicted octanol–water partition coefficient (Wildman–Crippen LogP) is 4.37. The number of rotatable bonds is 3. The van der Waals surface area contributed by atoms with E-state index in [1.54, 1.807) is 0 Å². The molecule has 0 aliphatic heterocycles. The number of benzene rings is 1. The number of allylic oxidation sites excluding steroid dienone is 4. The first-order valence-corrected chi connectivity index (χ1v) is 5.49. The van der Waals surface area contributed by atoms with Gasteiger partial charge in [0.05, 0.1) is 0 Å². The molecule has 15 heavy (non-hydrogen) atoms. The van der Waals surface area contributed by atoms with Gasteiger partial charge < -0.3 is 0 Å². The van der Waals surface area contributed by atoms with Gasteiger partial charge in [0.1, 0.15) is 0 Å². The zero-order valence-corrected chi connectivity index (χ0v) is 10.2. The summed E-state index contributed by atoms with van der Waals surface area (Å²) in [7, 11) is 0. The Bertz CT molecular complexity index is 381. The Morgan fingerprint density at radius 2 is 2.00 bits per heavy atom. The number of aryl methyl sites for hydroxylation is 2. The van der Waals surface area contributed by atoms with E-state index in [1.807, 2.05) is 0 Å². The van der Waals surface area contributed by atoms with Gasteiger partial charge >= 0.3 is 0 Å². The molecule has 0 heterocycles. The maximum absolute atomic E-state index is 2.24. The summed E-state index contributed by atoms with van der Waals surface area (Å²) in [5, 5.41) is 0. The van der Waals surface area contributed by atoms with Gasteiger partial charge in [-0.15, -0.1) is 0 Å². The van der Waals surface area contributed by atoms with Gasteiger partial charge in [0.25, 0.3) is 0 Å². The van der Waals surface area contributed by atoms with Crippen molar-refractivity contribution in [2.75, 3.05) is 0 Å². The average molecular weight is 200 g/mol. The van der Waals surface area contributed by atoms with E-state index in [0.29, 0.717) is 0 Å². The monoisotopic (exact) mass is 200 g/mol. The Hall–Kier alpha value is -1.30. The maximum atomic E-state index is 2.24. The molecule has 0 fully saturated rings. The van der Waals surface area contributed by atoms with Crippen molar-refractivity contribution < 1.29 is 0 Å². The predicted molar refractivity (Wildman–Crippen MR) is 68.2 cm³/mol. The topological polar surface area (TPSA) is 0 Å². The van der Waals surface area contributed by atoms with Crippen molar-refractivity contribution in [3.63, 3.8) is 0 Å².